The van der Waals surface area contributed by atoms with Gasteiger partial charge in [0.25, 0.3) is 0 Å². The number of epoxide rings is 1. The summed E-state index contributed by atoms with van der Waals surface area (Å²) >= 11 is 5.98. The standard InChI is InChI=1S/C14H11ClF6O2/c15-10-5-8(22-7-13(16,17)18)1-2-9(10)12(6-23-12)11(3-4-11)14(19,20)21/h1-2,5H,3-4,6-7H2. The minimum Gasteiger partial charge on any atom is -0.484 e. The van der Waals surface area contributed by atoms with Crippen LogP contribution in [0.25, 0.3) is 0 Å². The summed E-state index contributed by atoms with van der Waals surface area (Å²) < 4.78 is 85.9. The summed E-state index contributed by atoms with van der Waals surface area (Å²) in [4.78, 5) is 0. The molecule has 1 saturated heterocycles. The third-order valence-corrected chi connectivity index (χ3v) is 4.59. The molecule has 1 aromatic carbocycles. The summed E-state index contributed by atoms with van der Waals surface area (Å²) in [7, 11) is 0. The van der Waals surface area contributed by atoms with Crippen molar-refractivity contribution in [1.29, 1.82) is 0 Å². The Kier molecular flexibility index (Phi) is 3.57. The van der Waals surface area contributed by atoms with Gasteiger partial charge in [-0.25, -0.2) is 0 Å². The van der Waals surface area contributed by atoms with Crippen LogP contribution >= 0.6 is 11.6 Å². The van der Waals surface area contributed by atoms with E-state index >= 15 is 0 Å². The Morgan fingerprint density at radius 3 is 2.13 bits per heavy atom. The minimum atomic E-state index is -4.51. The van der Waals surface area contributed by atoms with E-state index in [9.17, 15) is 26.3 Å². The SMILES string of the molecule is FC(F)(F)COc1ccc(C2(C3(C(F)(F)F)CC3)CO2)c(Cl)c1. The van der Waals surface area contributed by atoms with E-state index in [4.69, 9.17) is 16.3 Å². The van der Waals surface area contributed by atoms with Gasteiger partial charge in [0.15, 0.2) is 6.61 Å². The Labute approximate surface area is 132 Å². The van der Waals surface area contributed by atoms with Gasteiger partial charge in [0.05, 0.1) is 11.6 Å². The molecule has 0 N–H and O–H groups in total. The second kappa shape index (κ2) is 4.92. The number of halogens is 7. The van der Waals surface area contributed by atoms with Gasteiger partial charge in [0.2, 0.25) is 0 Å². The molecule has 1 aliphatic carbocycles. The summed E-state index contributed by atoms with van der Waals surface area (Å²) in [5.41, 5.74) is -3.36. The molecule has 1 saturated carbocycles. The molecule has 1 aromatic rings. The van der Waals surface area contributed by atoms with Crippen LogP contribution in [0.2, 0.25) is 5.02 Å². The summed E-state index contributed by atoms with van der Waals surface area (Å²) in [5.74, 6) is -0.163. The van der Waals surface area contributed by atoms with Gasteiger partial charge in [-0.2, -0.15) is 26.3 Å². The molecule has 3 rings (SSSR count). The Balaban J connectivity index is 1.85. The minimum absolute atomic E-state index is 0.0564. The Morgan fingerprint density at radius 2 is 1.74 bits per heavy atom. The van der Waals surface area contributed by atoms with Gasteiger partial charge in [-0.15, -0.1) is 0 Å². The molecule has 1 heterocycles. The molecule has 1 unspecified atom stereocenters. The monoisotopic (exact) mass is 360 g/mol. The molecule has 0 radical (unpaired) electrons. The van der Waals surface area contributed by atoms with E-state index in [0.29, 0.717) is 0 Å². The Bertz CT molecular complexity index is 617. The quantitative estimate of drug-likeness (QED) is 0.565. The topological polar surface area (TPSA) is 21.8 Å². The molecule has 0 bridgehead atoms. The lowest BCUT2D eigenvalue weighted by Gasteiger charge is -2.27. The molecular weight excluding hydrogens is 350 g/mol. The number of alkyl halides is 6. The van der Waals surface area contributed by atoms with Gasteiger partial charge in [0.1, 0.15) is 16.8 Å². The first kappa shape index (κ1) is 16.7. The van der Waals surface area contributed by atoms with Crippen molar-refractivity contribution in [1.82, 2.24) is 0 Å². The van der Waals surface area contributed by atoms with Crippen molar-refractivity contribution in [3.05, 3.63) is 28.8 Å². The van der Waals surface area contributed by atoms with Crippen molar-refractivity contribution >= 4 is 11.6 Å². The third-order valence-electron chi connectivity index (χ3n) is 4.28. The van der Waals surface area contributed by atoms with Crippen LogP contribution in [-0.4, -0.2) is 25.6 Å². The summed E-state index contributed by atoms with van der Waals surface area (Å²) in [6.45, 7) is -1.62. The highest BCUT2D eigenvalue weighted by Crippen LogP contribution is 2.73. The van der Waals surface area contributed by atoms with Crippen molar-refractivity contribution in [3.63, 3.8) is 0 Å². The molecular formula is C14H11ClF6O2. The van der Waals surface area contributed by atoms with Gasteiger partial charge in [-0.1, -0.05) is 17.7 Å². The van der Waals surface area contributed by atoms with Gasteiger partial charge in [-0.05, 0) is 25.0 Å². The van der Waals surface area contributed by atoms with Crippen LogP contribution in [-0.2, 0) is 10.3 Å². The molecule has 2 aliphatic rings. The molecule has 0 aromatic heterocycles. The fourth-order valence-corrected chi connectivity index (χ4v) is 3.20. The van der Waals surface area contributed by atoms with E-state index in [1.54, 1.807) is 0 Å². The number of benzene rings is 1. The smallest absolute Gasteiger partial charge is 0.422 e. The molecule has 2 nitrogen and oxygen atoms in total. The van der Waals surface area contributed by atoms with Gasteiger partial charge in [-0.3, -0.25) is 0 Å². The first-order valence-corrected chi connectivity index (χ1v) is 7.09. The van der Waals surface area contributed by atoms with Crippen molar-refractivity contribution in [2.45, 2.75) is 30.8 Å². The molecule has 9 heteroatoms. The van der Waals surface area contributed by atoms with E-state index in [0.717, 1.165) is 6.07 Å². The number of rotatable bonds is 4. The number of hydrogen-bond acceptors (Lipinski definition) is 2. The van der Waals surface area contributed by atoms with E-state index in [1.807, 2.05) is 0 Å². The highest BCUT2D eigenvalue weighted by molar-refractivity contribution is 6.31. The summed E-state index contributed by atoms with van der Waals surface area (Å²) in [5, 5.41) is -0.0994. The van der Waals surface area contributed by atoms with Crippen LogP contribution in [0.4, 0.5) is 26.3 Å². The maximum atomic E-state index is 13.3. The molecule has 128 valence electrons. The first-order chi connectivity index (χ1) is 10.5. The molecule has 0 amide bonds. The predicted molar refractivity (Wildman–Crippen MR) is 68.4 cm³/mol. The van der Waals surface area contributed by atoms with E-state index < -0.39 is 30.0 Å². The second-order valence-electron chi connectivity index (χ2n) is 5.74. The number of hydrogen-bond donors (Lipinski definition) is 0. The lowest BCUT2D eigenvalue weighted by molar-refractivity contribution is -0.207. The normalized spacial score (nSPS) is 26.0. The fourth-order valence-electron chi connectivity index (χ4n) is 2.88. The highest BCUT2D eigenvalue weighted by Gasteiger charge is 2.80. The van der Waals surface area contributed by atoms with Crippen LogP contribution in [0.3, 0.4) is 0 Å². The molecule has 1 atom stereocenters. The van der Waals surface area contributed by atoms with Gasteiger partial charge < -0.3 is 9.47 Å². The lowest BCUT2D eigenvalue weighted by Crippen LogP contribution is -2.37. The molecule has 0 spiro atoms. The van der Waals surface area contributed by atoms with E-state index in [-0.39, 0.29) is 35.8 Å². The Hall–Kier alpha value is -1.15. The lowest BCUT2D eigenvalue weighted by atomic mass is 9.82. The van der Waals surface area contributed by atoms with Crippen molar-refractivity contribution in [3.8, 4) is 5.75 Å². The molecule has 1 aliphatic heterocycles. The zero-order valence-electron chi connectivity index (χ0n) is 11.5. The largest absolute Gasteiger partial charge is 0.484 e. The third kappa shape index (κ3) is 2.76. The van der Waals surface area contributed by atoms with Crippen LogP contribution < -0.4 is 4.74 Å². The van der Waals surface area contributed by atoms with E-state index in [1.165, 1.54) is 12.1 Å². The summed E-state index contributed by atoms with van der Waals surface area (Å²) in [6, 6.07) is 3.49. The molecule has 2 fully saturated rings. The summed E-state index contributed by atoms with van der Waals surface area (Å²) in [6.07, 6.45) is -9.06. The van der Waals surface area contributed by atoms with E-state index in [2.05, 4.69) is 4.74 Å². The second-order valence-corrected chi connectivity index (χ2v) is 6.15. The maximum Gasteiger partial charge on any atom is 0.422 e. The van der Waals surface area contributed by atoms with Crippen LogP contribution in [0, 0.1) is 5.41 Å². The fraction of sp³-hybridized carbons (Fsp3) is 0.571. The average molecular weight is 361 g/mol. The molecule has 23 heavy (non-hydrogen) atoms. The van der Waals surface area contributed by atoms with Crippen molar-refractivity contribution in [2.75, 3.05) is 13.2 Å². The van der Waals surface area contributed by atoms with Crippen molar-refractivity contribution < 1.29 is 35.8 Å². The van der Waals surface area contributed by atoms with Crippen LogP contribution in [0.5, 0.6) is 5.75 Å². The van der Waals surface area contributed by atoms with Crippen molar-refractivity contribution in [2.24, 2.45) is 5.41 Å². The highest BCUT2D eigenvalue weighted by atomic mass is 35.5. The predicted octanol–water partition coefficient (Wildman–Crippen LogP) is 4.85. The zero-order chi connectivity index (χ0) is 17.1. The van der Waals surface area contributed by atoms with Crippen LogP contribution in [0.15, 0.2) is 18.2 Å². The number of ether oxygens (including phenoxy) is 2. The first-order valence-electron chi connectivity index (χ1n) is 6.71. The zero-order valence-corrected chi connectivity index (χ0v) is 12.3. The average Bonchev–Trinajstić information content (AvgIpc) is 3.25. The van der Waals surface area contributed by atoms with Crippen LogP contribution in [0.1, 0.15) is 18.4 Å². The van der Waals surface area contributed by atoms with Gasteiger partial charge >= 0.3 is 12.4 Å². The maximum absolute atomic E-state index is 13.3. The Morgan fingerprint density at radius 1 is 1.13 bits per heavy atom. The van der Waals surface area contributed by atoms with Gasteiger partial charge in [0, 0.05) is 5.56 Å².